The monoisotopic (exact) mass is 339 g/mol. The molecule has 0 unspecified atom stereocenters. The number of benzene rings is 2. The molecule has 1 N–H and O–H groups in total. The molecule has 3 rings (SSSR count). The van der Waals surface area contributed by atoms with E-state index < -0.39 is 12.1 Å². The van der Waals surface area contributed by atoms with E-state index in [0.717, 1.165) is 12.0 Å². The predicted molar refractivity (Wildman–Crippen MR) is 93.3 cm³/mol. The molecule has 0 saturated heterocycles. The summed E-state index contributed by atoms with van der Waals surface area (Å²) in [6.45, 7) is 4.39. The number of para-hydroxylation sites is 1. The highest BCUT2D eigenvalue weighted by Gasteiger charge is 2.28. The second-order valence-electron chi connectivity index (χ2n) is 6.30. The number of fused-ring (bicyclic) bond motifs is 1. The minimum Gasteiger partial charge on any atom is -0.507 e. The van der Waals surface area contributed by atoms with Crippen molar-refractivity contribution in [1.29, 1.82) is 0 Å². The lowest BCUT2D eigenvalue weighted by atomic mass is 9.99. The molecule has 0 bridgehead atoms. The van der Waals surface area contributed by atoms with Crippen molar-refractivity contribution in [3.8, 4) is 5.75 Å². The second kappa shape index (κ2) is 6.97. The smallest absolute Gasteiger partial charge is 0.342 e. The molecule has 1 heterocycles. The van der Waals surface area contributed by atoms with Crippen molar-refractivity contribution >= 4 is 11.9 Å². The molecule has 0 radical (unpaired) electrons. The van der Waals surface area contributed by atoms with Crippen molar-refractivity contribution in [3.05, 3.63) is 64.7 Å². The Hall–Kier alpha value is -2.82. The van der Waals surface area contributed by atoms with Crippen LogP contribution in [0.15, 0.2) is 42.5 Å². The quantitative estimate of drug-likeness (QED) is 0.873. The second-order valence-corrected chi connectivity index (χ2v) is 6.30. The third kappa shape index (κ3) is 3.50. The minimum absolute atomic E-state index is 0.0728. The van der Waals surface area contributed by atoms with E-state index >= 15 is 0 Å². The van der Waals surface area contributed by atoms with Crippen molar-refractivity contribution in [2.45, 2.75) is 32.9 Å². The third-order valence-corrected chi connectivity index (χ3v) is 4.53. The van der Waals surface area contributed by atoms with Crippen LogP contribution in [0, 0.1) is 6.92 Å². The van der Waals surface area contributed by atoms with Crippen molar-refractivity contribution in [3.63, 3.8) is 0 Å². The minimum atomic E-state index is -0.905. The van der Waals surface area contributed by atoms with E-state index in [2.05, 4.69) is 6.07 Å². The fraction of sp³-hybridized carbons (Fsp3) is 0.300. The molecule has 0 aliphatic carbocycles. The number of esters is 1. The number of hydrogen-bond acceptors (Lipinski definition) is 4. The van der Waals surface area contributed by atoms with E-state index in [-0.39, 0.29) is 17.2 Å². The summed E-state index contributed by atoms with van der Waals surface area (Å²) < 4.78 is 5.29. The number of carbonyl (C=O) groups is 2. The van der Waals surface area contributed by atoms with Crippen LogP contribution in [0.1, 0.15) is 34.0 Å². The summed E-state index contributed by atoms with van der Waals surface area (Å²) in [5, 5.41) is 9.98. The molecule has 25 heavy (non-hydrogen) atoms. The average Bonchev–Trinajstić information content (AvgIpc) is 2.62. The van der Waals surface area contributed by atoms with Gasteiger partial charge in [0.25, 0.3) is 5.91 Å². The number of ether oxygens (including phenoxy) is 1. The van der Waals surface area contributed by atoms with Gasteiger partial charge in [0.1, 0.15) is 11.3 Å². The molecule has 0 aromatic heterocycles. The Balaban J connectivity index is 1.67. The predicted octanol–water partition coefficient (Wildman–Crippen LogP) is 2.83. The summed E-state index contributed by atoms with van der Waals surface area (Å²) in [6, 6.07) is 12.9. The van der Waals surface area contributed by atoms with E-state index in [1.54, 1.807) is 30.9 Å². The number of rotatable bonds is 3. The van der Waals surface area contributed by atoms with E-state index in [1.165, 1.54) is 11.6 Å². The zero-order valence-electron chi connectivity index (χ0n) is 14.4. The van der Waals surface area contributed by atoms with Crippen molar-refractivity contribution < 1.29 is 19.4 Å². The average molecular weight is 339 g/mol. The van der Waals surface area contributed by atoms with Crippen molar-refractivity contribution in [2.24, 2.45) is 0 Å². The molecular formula is C20H21NO4. The van der Waals surface area contributed by atoms with Gasteiger partial charge in [-0.2, -0.15) is 0 Å². The van der Waals surface area contributed by atoms with Crippen LogP contribution in [0.3, 0.4) is 0 Å². The Bertz CT molecular complexity index is 815. The van der Waals surface area contributed by atoms with Gasteiger partial charge in [-0.1, -0.05) is 36.4 Å². The molecule has 5 heteroatoms. The number of nitrogens with zero attached hydrogens (tertiary/aromatic N) is 1. The van der Waals surface area contributed by atoms with Gasteiger partial charge in [0.15, 0.2) is 6.10 Å². The highest BCUT2D eigenvalue weighted by Crippen LogP contribution is 2.23. The van der Waals surface area contributed by atoms with E-state index in [9.17, 15) is 14.7 Å². The Morgan fingerprint density at radius 3 is 2.60 bits per heavy atom. The standard InChI is InChI=1S/C20H21NO4/c1-13-6-5-9-17(18(13)22)20(24)25-14(2)19(23)21-11-10-15-7-3-4-8-16(15)12-21/h3-9,14,22H,10-12H2,1-2H3/t14-/m1/s1. The van der Waals surface area contributed by atoms with Crippen molar-refractivity contribution in [1.82, 2.24) is 4.90 Å². The van der Waals surface area contributed by atoms with Gasteiger partial charge in [-0.05, 0) is 43.0 Å². The Morgan fingerprint density at radius 1 is 1.12 bits per heavy atom. The maximum absolute atomic E-state index is 12.6. The van der Waals surface area contributed by atoms with E-state index in [0.29, 0.717) is 18.7 Å². The maximum atomic E-state index is 12.6. The van der Waals surface area contributed by atoms with Gasteiger partial charge in [-0.25, -0.2) is 4.79 Å². The third-order valence-electron chi connectivity index (χ3n) is 4.53. The summed E-state index contributed by atoms with van der Waals surface area (Å²) in [4.78, 5) is 26.6. The van der Waals surface area contributed by atoms with E-state index in [1.807, 2.05) is 18.2 Å². The molecule has 0 fully saturated rings. The molecule has 1 atom stereocenters. The molecule has 5 nitrogen and oxygen atoms in total. The van der Waals surface area contributed by atoms with E-state index in [4.69, 9.17) is 4.74 Å². The van der Waals surface area contributed by atoms with Crippen LogP contribution in [0.25, 0.3) is 0 Å². The highest BCUT2D eigenvalue weighted by atomic mass is 16.5. The van der Waals surface area contributed by atoms with Gasteiger partial charge in [0.2, 0.25) is 0 Å². The fourth-order valence-electron chi connectivity index (χ4n) is 3.04. The summed E-state index contributed by atoms with van der Waals surface area (Å²) in [6.07, 6.45) is -0.112. The van der Waals surface area contributed by atoms with Crippen LogP contribution in [-0.4, -0.2) is 34.5 Å². The van der Waals surface area contributed by atoms with Gasteiger partial charge in [0.05, 0.1) is 0 Å². The first-order valence-electron chi connectivity index (χ1n) is 8.32. The first kappa shape index (κ1) is 17.0. The molecule has 2 aromatic carbocycles. The topological polar surface area (TPSA) is 66.8 Å². The van der Waals surface area contributed by atoms with Gasteiger partial charge in [-0.3, -0.25) is 4.79 Å². The van der Waals surface area contributed by atoms with Crippen LogP contribution in [-0.2, 0) is 22.5 Å². The number of phenols is 1. The number of hydrogen-bond donors (Lipinski definition) is 1. The zero-order valence-corrected chi connectivity index (χ0v) is 14.4. The first-order valence-corrected chi connectivity index (χ1v) is 8.32. The molecule has 1 aliphatic heterocycles. The lowest BCUT2D eigenvalue weighted by Gasteiger charge is -2.30. The molecule has 1 amide bonds. The van der Waals surface area contributed by atoms with Crippen LogP contribution in [0.5, 0.6) is 5.75 Å². The zero-order chi connectivity index (χ0) is 18.0. The number of aromatic hydroxyl groups is 1. The molecular weight excluding hydrogens is 318 g/mol. The van der Waals surface area contributed by atoms with Gasteiger partial charge in [0, 0.05) is 13.1 Å². The molecule has 0 spiro atoms. The lowest BCUT2D eigenvalue weighted by molar-refractivity contribution is -0.140. The normalized spacial score (nSPS) is 14.6. The maximum Gasteiger partial charge on any atom is 0.342 e. The number of amides is 1. The number of phenolic OH excluding ortho intramolecular Hbond substituents is 1. The Kier molecular flexibility index (Phi) is 4.74. The van der Waals surface area contributed by atoms with Crippen LogP contribution >= 0.6 is 0 Å². The van der Waals surface area contributed by atoms with Gasteiger partial charge < -0.3 is 14.7 Å². The van der Waals surface area contributed by atoms with Crippen molar-refractivity contribution in [2.75, 3.05) is 6.54 Å². The Morgan fingerprint density at radius 2 is 1.84 bits per heavy atom. The molecule has 0 saturated carbocycles. The van der Waals surface area contributed by atoms with Gasteiger partial charge >= 0.3 is 5.97 Å². The summed E-state index contributed by atoms with van der Waals surface area (Å²) in [5.74, 6) is -1.03. The largest absolute Gasteiger partial charge is 0.507 e. The van der Waals surface area contributed by atoms with Crippen LogP contribution in [0.2, 0.25) is 0 Å². The van der Waals surface area contributed by atoms with Crippen LogP contribution < -0.4 is 0 Å². The number of carbonyl (C=O) groups excluding carboxylic acids is 2. The Labute approximate surface area is 146 Å². The van der Waals surface area contributed by atoms with Gasteiger partial charge in [-0.15, -0.1) is 0 Å². The van der Waals surface area contributed by atoms with Crippen LogP contribution in [0.4, 0.5) is 0 Å². The molecule has 130 valence electrons. The summed E-state index contributed by atoms with van der Waals surface area (Å²) >= 11 is 0. The summed E-state index contributed by atoms with van der Waals surface area (Å²) in [7, 11) is 0. The highest BCUT2D eigenvalue weighted by molar-refractivity contribution is 5.95. The molecule has 1 aliphatic rings. The molecule has 2 aromatic rings. The SMILES string of the molecule is Cc1cccc(C(=O)O[C@H](C)C(=O)N2CCc3ccccc3C2)c1O. The fourth-order valence-corrected chi connectivity index (χ4v) is 3.04. The first-order chi connectivity index (χ1) is 12.0. The summed E-state index contributed by atoms with van der Waals surface area (Å²) in [5.41, 5.74) is 3.03. The lowest BCUT2D eigenvalue weighted by Crippen LogP contribution is -2.42. The number of aryl methyl sites for hydroxylation is 1.